The molecule has 0 radical (unpaired) electrons. The lowest BCUT2D eigenvalue weighted by atomic mass is 10.2. The molecule has 3 nitrogen and oxygen atoms in total. The van der Waals surface area contributed by atoms with E-state index in [1.165, 1.54) is 16.2 Å². The number of hydrogen-bond donors (Lipinski definition) is 1. The number of hydrogen-bond acceptors (Lipinski definition) is 4. The summed E-state index contributed by atoms with van der Waals surface area (Å²) in [7, 11) is 0. The topological polar surface area (TPSA) is 28.2 Å². The Morgan fingerprint density at radius 3 is 2.43 bits per heavy atom. The smallest absolute Gasteiger partial charge is 0.339 e. The molecule has 21 heavy (non-hydrogen) atoms. The van der Waals surface area contributed by atoms with Gasteiger partial charge < -0.3 is 10.2 Å². The van der Waals surface area contributed by atoms with E-state index >= 15 is 0 Å². The van der Waals surface area contributed by atoms with Gasteiger partial charge in [-0.2, -0.15) is 13.2 Å². The summed E-state index contributed by atoms with van der Waals surface area (Å²) in [5, 5.41) is 3.78. The largest absolute Gasteiger partial charge is 0.406 e. The van der Waals surface area contributed by atoms with Gasteiger partial charge in [0.1, 0.15) is 6.54 Å². The number of halogens is 3. The van der Waals surface area contributed by atoms with Crippen LogP contribution < -0.4 is 10.2 Å². The Morgan fingerprint density at radius 1 is 1.19 bits per heavy atom. The highest BCUT2D eigenvalue weighted by molar-refractivity contribution is 7.15. The molecule has 122 valence electrons. The van der Waals surface area contributed by atoms with Crippen molar-refractivity contribution in [3.05, 3.63) is 10.6 Å². The number of anilines is 1. The van der Waals surface area contributed by atoms with Crippen molar-refractivity contribution < 1.29 is 13.2 Å². The summed E-state index contributed by atoms with van der Waals surface area (Å²) in [5.41, 5.74) is 0.932. The van der Waals surface area contributed by atoms with E-state index in [4.69, 9.17) is 0 Å². The van der Waals surface area contributed by atoms with E-state index in [-0.39, 0.29) is 0 Å². The maximum atomic E-state index is 12.6. The Morgan fingerprint density at radius 2 is 1.90 bits per heavy atom. The first-order chi connectivity index (χ1) is 9.91. The highest BCUT2D eigenvalue weighted by atomic mass is 32.1. The van der Waals surface area contributed by atoms with Gasteiger partial charge in [-0.1, -0.05) is 20.3 Å². The zero-order chi connectivity index (χ0) is 15.9. The number of nitrogens with zero attached hydrogens (tertiary/aromatic N) is 2. The van der Waals surface area contributed by atoms with Gasteiger partial charge in [-0.25, -0.2) is 4.98 Å². The van der Waals surface area contributed by atoms with Crippen LogP contribution in [0, 0.1) is 0 Å². The molecule has 1 heterocycles. The van der Waals surface area contributed by atoms with Gasteiger partial charge in [0.15, 0.2) is 5.13 Å². The zero-order valence-electron chi connectivity index (χ0n) is 12.9. The molecule has 0 spiro atoms. The summed E-state index contributed by atoms with van der Waals surface area (Å²) in [6, 6.07) is 0. The molecule has 0 atom stereocenters. The number of alkyl halides is 3. The molecule has 7 heteroatoms. The summed E-state index contributed by atoms with van der Waals surface area (Å²) in [5.74, 6) is 0. The molecule has 1 rings (SSSR count). The van der Waals surface area contributed by atoms with Gasteiger partial charge in [0.05, 0.1) is 5.69 Å². The van der Waals surface area contributed by atoms with Crippen molar-refractivity contribution in [3.63, 3.8) is 0 Å². The van der Waals surface area contributed by atoms with E-state index in [9.17, 15) is 13.2 Å². The summed E-state index contributed by atoms with van der Waals surface area (Å²) in [4.78, 5) is 6.79. The molecule has 0 aromatic carbocycles. The predicted octanol–water partition coefficient (Wildman–Crippen LogP) is 3.98. The normalized spacial score (nSPS) is 11.9. The fourth-order valence-corrected chi connectivity index (χ4v) is 3.12. The third-order valence-electron chi connectivity index (χ3n) is 2.99. The Labute approximate surface area is 128 Å². The van der Waals surface area contributed by atoms with Crippen molar-refractivity contribution >= 4 is 16.5 Å². The lowest BCUT2D eigenvalue weighted by molar-refractivity contribution is -0.119. The summed E-state index contributed by atoms with van der Waals surface area (Å²) < 4.78 is 37.8. The Balaban J connectivity index is 2.87. The van der Waals surface area contributed by atoms with Crippen molar-refractivity contribution in [1.29, 1.82) is 0 Å². The first-order valence-corrected chi connectivity index (χ1v) is 8.23. The molecule has 0 saturated carbocycles. The molecule has 0 bridgehead atoms. The van der Waals surface area contributed by atoms with Crippen LogP contribution in [-0.4, -0.2) is 30.8 Å². The Hall–Kier alpha value is -0.820. The monoisotopic (exact) mass is 323 g/mol. The van der Waals surface area contributed by atoms with Crippen molar-refractivity contribution in [2.24, 2.45) is 0 Å². The van der Waals surface area contributed by atoms with E-state index in [0.717, 1.165) is 36.4 Å². The van der Waals surface area contributed by atoms with E-state index in [1.54, 1.807) is 6.92 Å². The van der Waals surface area contributed by atoms with Gasteiger partial charge in [-0.3, -0.25) is 0 Å². The van der Waals surface area contributed by atoms with Crippen molar-refractivity contribution in [2.45, 2.75) is 52.8 Å². The van der Waals surface area contributed by atoms with Gasteiger partial charge >= 0.3 is 6.18 Å². The Bertz CT molecular complexity index is 418. The van der Waals surface area contributed by atoms with E-state index in [1.807, 2.05) is 0 Å². The van der Waals surface area contributed by atoms with Gasteiger partial charge in [0.25, 0.3) is 0 Å². The fourth-order valence-electron chi connectivity index (χ4n) is 1.99. The van der Waals surface area contributed by atoms with E-state index in [2.05, 4.69) is 24.1 Å². The minimum Gasteiger partial charge on any atom is -0.339 e. The molecule has 1 N–H and O–H groups in total. The predicted molar refractivity (Wildman–Crippen MR) is 82.0 cm³/mol. The Kier molecular flexibility index (Phi) is 7.45. The lowest BCUT2D eigenvalue weighted by Crippen LogP contribution is -2.34. The highest BCUT2D eigenvalue weighted by Crippen LogP contribution is 2.29. The number of nitrogens with one attached hydrogen (secondary N) is 1. The molecule has 1 aromatic heterocycles. The lowest BCUT2D eigenvalue weighted by Gasteiger charge is -2.21. The number of thiazole rings is 1. The second-order valence-corrected chi connectivity index (χ2v) is 5.98. The third kappa shape index (κ3) is 6.22. The summed E-state index contributed by atoms with van der Waals surface area (Å²) >= 11 is 1.38. The second kappa shape index (κ2) is 8.58. The molecule has 0 saturated heterocycles. The van der Waals surface area contributed by atoms with Crippen molar-refractivity contribution in [2.75, 3.05) is 24.5 Å². The molecular weight excluding hydrogens is 299 g/mol. The second-order valence-electron chi connectivity index (χ2n) is 4.92. The third-order valence-corrected chi connectivity index (χ3v) is 4.15. The number of rotatable bonds is 9. The first-order valence-electron chi connectivity index (χ1n) is 7.42. The van der Waals surface area contributed by atoms with Crippen LogP contribution >= 0.6 is 11.3 Å². The SMILES string of the molecule is CCCNCc1sc(N(CC)CC(F)(F)F)nc1CCC. The molecule has 0 aliphatic carbocycles. The van der Waals surface area contributed by atoms with Crippen molar-refractivity contribution in [3.8, 4) is 0 Å². The maximum Gasteiger partial charge on any atom is 0.406 e. The number of aryl methyl sites for hydroxylation is 1. The average Bonchev–Trinajstić information content (AvgIpc) is 2.79. The number of aromatic nitrogens is 1. The minimum absolute atomic E-state index is 0.306. The van der Waals surface area contributed by atoms with Crippen LogP contribution in [0.3, 0.4) is 0 Å². The van der Waals surface area contributed by atoms with E-state index in [0.29, 0.717) is 18.2 Å². The first kappa shape index (κ1) is 18.2. The van der Waals surface area contributed by atoms with E-state index < -0.39 is 12.7 Å². The molecule has 0 amide bonds. The van der Waals surface area contributed by atoms with Crippen LogP contribution in [0.15, 0.2) is 0 Å². The average molecular weight is 323 g/mol. The molecule has 0 unspecified atom stereocenters. The molecule has 1 aromatic rings. The fraction of sp³-hybridized carbons (Fsp3) is 0.786. The van der Waals surface area contributed by atoms with Gasteiger partial charge in [0, 0.05) is 18.0 Å². The summed E-state index contributed by atoms with van der Waals surface area (Å²) in [6.45, 7) is 6.81. The van der Waals surface area contributed by atoms with Crippen LogP contribution in [0.4, 0.5) is 18.3 Å². The van der Waals surface area contributed by atoms with Crippen LogP contribution in [0.1, 0.15) is 44.2 Å². The zero-order valence-corrected chi connectivity index (χ0v) is 13.7. The standard InChI is InChI=1S/C14H24F3N3S/c1-4-7-11-12(9-18-8-5-2)21-13(19-11)20(6-3)10-14(15,16)17/h18H,4-10H2,1-3H3. The molecule has 0 aliphatic rings. The van der Waals surface area contributed by atoms with Crippen LogP contribution in [0.2, 0.25) is 0 Å². The highest BCUT2D eigenvalue weighted by Gasteiger charge is 2.31. The van der Waals surface area contributed by atoms with Gasteiger partial charge in [0.2, 0.25) is 0 Å². The van der Waals surface area contributed by atoms with Crippen LogP contribution in [0.25, 0.3) is 0 Å². The van der Waals surface area contributed by atoms with Crippen molar-refractivity contribution in [1.82, 2.24) is 10.3 Å². The van der Waals surface area contributed by atoms with Gasteiger partial charge in [-0.15, -0.1) is 11.3 Å². The molecule has 0 fully saturated rings. The minimum atomic E-state index is -4.20. The quantitative estimate of drug-likeness (QED) is 0.697. The summed E-state index contributed by atoms with van der Waals surface area (Å²) in [6.07, 6.45) is -1.42. The van der Waals surface area contributed by atoms with Gasteiger partial charge in [-0.05, 0) is 26.3 Å². The maximum absolute atomic E-state index is 12.6. The molecular formula is C14H24F3N3S. The van der Waals surface area contributed by atoms with Crippen LogP contribution in [0.5, 0.6) is 0 Å². The van der Waals surface area contributed by atoms with Crippen LogP contribution in [-0.2, 0) is 13.0 Å². The molecule has 0 aliphatic heterocycles.